The number of nitrogens with one attached hydrogen (secondary N) is 1. The monoisotopic (exact) mass is 298 g/mol. The van der Waals surface area contributed by atoms with Crippen molar-refractivity contribution in [2.45, 2.75) is 39.3 Å². The zero-order valence-electron chi connectivity index (χ0n) is 13.1. The van der Waals surface area contributed by atoms with Gasteiger partial charge in [-0.1, -0.05) is 12.1 Å². The number of aryl methyl sites for hydroxylation is 2. The molecule has 0 spiro atoms. The first-order valence-electron chi connectivity index (χ1n) is 7.77. The summed E-state index contributed by atoms with van der Waals surface area (Å²) in [5.74, 6) is 0.818. The summed E-state index contributed by atoms with van der Waals surface area (Å²) in [6, 6.07) is 8.28. The molecule has 0 amide bonds. The molecule has 0 bridgehead atoms. The minimum Gasteiger partial charge on any atom is -0.441 e. The van der Waals surface area contributed by atoms with Crippen molar-refractivity contribution in [1.82, 2.24) is 20.1 Å². The Balaban J connectivity index is 1.41. The first-order chi connectivity index (χ1) is 10.7. The Morgan fingerprint density at radius 2 is 2.18 bits per heavy atom. The molecule has 0 aliphatic rings. The van der Waals surface area contributed by atoms with Crippen LogP contribution in [0.15, 0.2) is 41.1 Å². The highest BCUT2D eigenvalue weighted by Crippen LogP contribution is 2.15. The van der Waals surface area contributed by atoms with Crippen molar-refractivity contribution in [2.24, 2.45) is 0 Å². The lowest BCUT2D eigenvalue weighted by atomic mass is 10.2. The Bertz CT molecular complexity index is 698. The Labute approximate surface area is 130 Å². The van der Waals surface area contributed by atoms with Gasteiger partial charge in [-0.15, -0.1) is 0 Å². The number of fused-ring (bicyclic) bond motifs is 1. The fraction of sp³-hybridized carbons (Fsp3) is 0.412. The molecule has 0 saturated heterocycles. The molecule has 0 saturated carbocycles. The highest BCUT2D eigenvalue weighted by Gasteiger charge is 2.06. The number of benzene rings is 1. The van der Waals surface area contributed by atoms with E-state index in [1.807, 2.05) is 35.1 Å². The van der Waals surface area contributed by atoms with Crippen molar-refractivity contribution in [1.29, 1.82) is 0 Å². The number of rotatable bonds is 7. The van der Waals surface area contributed by atoms with E-state index >= 15 is 0 Å². The predicted octanol–water partition coefficient (Wildman–Crippen LogP) is 2.94. The van der Waals surface area contributed by atoms with E-state index in [0.717, 1.165) is 42.9 Å². The standard InChI is InChI=1S/C17H22N4O/c1-13-10-19-21(11-13)12-14(2)18-9-5-8-17-20-15-6-3-4-7-16(15)22-17/h3-4,6-7,10-11,14,18H,5,8-9,12H2,1-2H3. The summed E-state index contributed by atoms with van der Waals surface area (Å²) in [6.07, 6.45) is 5.82. The van der Waals surface area contributed by atoms with Gasteiger partial charge in [0.1, 0.15) is 5.52 Å². The molecule has 2 heterocycles. The minimum absolute atomic E-state index is 0.392. The minimum atomic E-state index is 0.392. The van der Waals surface area contributed by atoms with Gasteiger partial charge in [0.15, 0.2) is 11.5 Å². The molecule has 1 aromatic carbocycles. The van der Waals surface area contributed by atoms with Crippen molar-refractivity contribution in [2.75, 3.05) is 6.54 Å². The average molecular weight is 298 g/mol. The summed E-state index contributed by atoms with van der Waals surface area (Å²) in [6.45, 7) is 6.06. The van der Waals surface area contributed by atoms with Crippen LogP contribution >= 0.6 is 0 Å². The molecule has 5 heteroatoms. The van der Waals surface area contributed by atoms with Crippen LogP contribution in [0.25, 0.3) is 11.1 Å². The van der Waals surface area contributed by atoms with Crippen LogP contribution < -0.4 is 5.32 Å². The highest BCUT2D eigenvalue weighted by atomic mass is 16.3. The number of oxazole rings is 1. The summed E-state index contributed by atoms with van der Waals surface area (Å²) in [5, 5.41) is 7.82. The molecule has 3 rings (SSSR count). The van der Waals surface area contributed by atoms with Crippen molar-refractivity contribution in [3.8, 4) is 0 Å². The number of hydrogen-bond acceptors (Lipinski definition) is 4. The molecule has 0 fully saturated rings. The second-order valence-electron chi connectivity index (χ2n) is 5.77. The van der Waals surface area contributed by atoms with E-state index in [2.05, 4.69) is 35.4 Å². The molecular formula is C17H22N4O. The van der Waals surface area contributed by atoms with Crippen LogP contribution in [0.4, 0.5) is 0 Å². The maximum Gasteiger partial charge on any atom is 0.195 e. The second kappa shape index (κ2) is 6.75. The van der Waals surface area contributed by atoms with Crippen molar-refractivity contribution in [3.05, 3.63) is 48.1 Å². The summed E-state index contributed by atoms with van der Waals surface area (Å²) in [4.78, 5) is 4.49. The Morgan fingerprint density at radius 3 is 2.95 bits per heavy atom. The summed E-state index contributed by atoms with van der Waals surface area (Å²) < 4.78 is 7.70. The third kappa shape index (κ3) is 3.74. The van der Waals surface area contributed by atoms with Gasteiger partial charge < -0.3 is 9.73 Å². The van der Waals surface area contributed by atoms with Crippen molar-refractivity contribution < 1.29 is 4.42 Å². The van der Waals surface area contributed by atoms with Gasteiger partial charge in [-0.2, -0.15) is 5.10 Å². The van der Waals surface area contributed by atoms with Gasteiger partial charge in [0, 0.05) is 18.7 Å². The molecule has 116 valence electrons. The van der Waals surface area contributed by atoms with Gasteiger partial charge in [0.05, 0.1) is 12.7 Å². The average Bonchev–Trinajstić information content (AvgIpc) is 3.09. The third-order valence-corrected chi connectivity index (χ3v) is 3.62. The first kappa shape index (κ1) is 14.8. The predicted molar refractivity (Wildman–Crippen MR) is 86.8 cm³/mol. The van der Waals surface area contributed by atoms with Crippen molar-refractivity contribution in [3.63, 3.8) is 0 Å². The van der Waals surface area contributed by atoms with E-state index in [0.29, 0.717) is 6.04 Å². The topological polar surface area (TPSA) is 55.9 Å². The smallest absolute Gasteiger partial charge is 0.195 e. The van der Waals surface area contributed by atoms with Gasteiger partial charge >= 0.3 is 0 Å². The molecule has 3 aromatic rings. The highest BCUT2D eigenvalue weighted by molar-refractivity contribution is 5.72. The summed E-state index contributed by atoms with van der Waals surface area (Å²) in [7, 11) is 0. The molecule has 1 atom stereocenters. The molecule has 1 N–H and O–H groups in total. The SMILES string of the molecule is Cc1cnn(CC(C)NCCCc2nc3ccccc3o2)c1. The fourth-order valence-corrected chi connectivity index (χ4v) is 2.53. The quantitative estimate of drug-likeness (QED) is 0.681. The Kier molecular flexibility index (Phi) is 4.53. The van der Waals surface area contributed by atoms with Crippen LogP contribution in [0.3, 0.4) is 0 Å². The van der Waals surface area contributed by atoms with Crippen LogP contribution in [-0.2, 0) is 13.0 Å². The van der Waals surface area contributed by atoms with Crippen LogP contribution in [-0.4, -0.2) is 27.4 Å². The van der Waals surface area contributed by atoms with Gasteiger partial charge in [-0.3, -0.25) is 4.68 Å². The zero-order chi connectivity index (χ0) is 15.4. The third-order valence-electron chi connectivity index (χ3n) is 3.62. The largest absolute Gasteiger partial charge is 0.441 e. The summed E-state index contributed by atoms with van der Waals surface area (Å²) in [5.41, 5.74) is 3.00. The molecule has 2 aromatic heterocycles. The molecule has 0 radical (unpaired) electrons. The molecule has 5 nitrogen and oxygen atoms in total. The van der Waals surface area contributed by atoms with Gasteiger partial charge in [-0.05, 0) is 44.5 Å². The van der Waals surface area contributed by atoms with E-state index in [-0.39, 0.29) is 0 Å². The number of hydrogen-bond donors (Lipinski definition) is 1. The zero-order valence-corrected chi connectivity index (χ0v) is 13.1. The van der Waals surface area contributed by atoms with E-state index in [9.17, 15) is 0 Å². The maximum atomic E-state index is 5.72. The first-order valence-corrected chi connectivity index (χ1v) is 7.77. The fourth-order valence-electron chi connectivity index (χ4n) is 2.53. The number of para-hydroxylation sites is 2. The lowest BCUT2D eigenvalue weighted by Crippen LogP contribution is -2.31. The van der Waals surface area contributed by atoms with Crippen LogP contribution in [0.2, 0.25) is 0 Å². The van der Waals surface area contributed by atoms with Crippen molar-refractivity contribution >= 4 is 11.1 Å². The molecule has 0 aliphatic heterocycles. The van der Waals surface area contributed by atoms with Crippen LogP contribution in [0.1, 0.15) is 24.8 Å². The molecular weight excluding hydrogens is 276 g/mol. The lowest BCUT2D eigenvalue weighted by molar-refractivity contribution is 0.439. The normalized spacial score (nSPS) is 12.8. The number of aromatic nitrogens is 3. The van der Waals surface area contributed by atoms with E-state index in [1.165, 1.54) is 5.56 Å². The van der Waals surface area contributed by atoms with Crippen LogP contribution in [0.5, 0.6) is 0 Å². The van der Waals surface area contributed by atoms with Gasteiger partial charge in [0.2, 0.25) is 0 Å². The molecule has 0 aliphatic carbocycles. The van der Waals surface area contributed by atoms with E-state index < -0.39 is 0 Å². The van der Waals surface area contributed by atoms with Gasteiger partial charge in [-0.25, -0.2) is 4.98 Å². The van der Waals surface area contributed by atoms with Gasteiger partial charge in [0.25, 0.3) is 0 Å². The molecule has 22 heavy (non-hydrogen) atoms. The van der Waals surface area contributed by atoms with Crippen LogP contribution in [0, 0.1) is 6.92 Å². The Morgan fingerprint density at radius 1 is 1.32 bits per heavy atom. The number of nitrogens with zero attached hydrogens (tertiary/aromatic N) is 3. The second-order valence-corrected chi connectivity index (χ2v) is 5.77. The molecule has 1 unspecified atom stereocenters. The van der Waals surface area contributed by atoms with E-state index in [1.54, 1.807) is 0 Å². The lowest BCUT2D eigenvalue weighted by Gasteiger charge is -2.13. The van der Waals surface area contributed by atoms with E-state index in [4.69, 9.17) is 4.42 Å². The Hall–Kier alpha value is -2.14. The maximum absolute atomic E-state index is 5.72. The summed E-state index contributed by atoms with van der Waals surface area (Å²) >= 11 is 0.